The molecule has 23 heavy (non-hydrogen) atoms. The molecule has 0 aromatic heterocycles. The van der Waals surface area contributed by atoms with Crippen LogP contribution in [0.1, 0.15) is 44.2 Å². The molecule has 1 aromatic carbocycles. The number of methoxy groups -OCH3 is 1. The highest BCUT2D eigenvalue weighted by atomic mass is 16.6. The van der Waals surface area contributed by atoms with Gasteiger partial charge in [0, 0.05) is 18.7 Å². The maximum atomic E-state index is 12.4. The van der Waals surface area contributed by atoms with Gasteiger partial charge in [-0.05, 0) is 38.8 Å². The number of benzene rings is 1. The monoisotopic (exact) mass is 319 g/mol. The van der Waals surface area contributed by atoms with Gasteiger partial charge in [-0.1, -0.05) is 6.07 Å². The number of nitrogens with zero attached hydrogens (tertiary/aromatic N) is 1. The van der Waals surface area contributed by atoms with Crippen molar-refractivity contribution in [2.75, 3.05) is 13.7 Å². The standard InChI is InChI=1S/C17H21NO5/c1-17(2,3)23-16(20)18-8-7-11-13-10(9-18)5-6-12(21-4)14(13)22-15(11)19/h5-6,11H,7-9H2,1-4H3. The van der Waals surface area contributed by atoms with Crippen molar-refractivity contribution in [1.82, 2.24) is 4.90 Å². The predicted octanol–water partition coefficient (Wildman–Crippen LogP) is 2.84. The van der Waals surface area contributed by atoms with Crippen LogP contribution >= 0.6 is 0 Å². The Kier molecular flexibility index (Phi) is 3.70. The van der Waals surface area contributed by atoms with Gasteiger partial charge < -0.3 is 19.1 Å². The van der Waals surface area contributed by atoms with Gasteiger partial charge in [-0.3, -0.25) is 4.79 Å². The van der Waals surface area contributed by atoms with E-state index < -0.39 is 5.60 Å². The van der Waals surface area contributed by atoms with Gasteiger partial charge in [0.25, 0.3) is 0 Å². The Morgan fingerprint density at radius 3 is 2.74 bits per heavy atom. The van der Waals surface area contributed by atoms with Gasteiger partial charge >= 0.3 is 12.1 Å². The smallest absolute Gasteiger partial charge is 0.410 e. The topological polar surface area (TPSA) is 65.1 Å². The summed E-state index contributed by atoms with van der Waals surface area (Å²) in [6.07, 6.45) is 0.154. The highest BCUT2D eigenvalue weighted by Crippen LogP contribution is 2.46. The molecule has 1 unspecified atom stereocenters. The molecule has 0 aliphatic carbocycles. The Balaban J connectivity index is 1.93. The fourth-order valence-corrected chi connectivity index (χ4v) is 3.01. The van der Waals surface area contributed by atoms with Crippen LogP contribution in [0.3, 0.4) is 0 Å². The van der Waals surface area contributed by atoms with Crippen molar-refractivity contribution in [2.24, 2.45) is 0 Å². The van der Waals surface area contributed by atoms with Crippen LogP contribution in [0, 0.1) is 0 Å². The molecule has 0 N–H and O–H groups in total. The minimum absolute atomic E-state index is 0.281. The molecule has 0 fully saturated rings. The second kappa shape index (κ2) is 5.44. The first kappa shape index (κ1) is 15.6. The van der Waals surface area contributed by atoms with Crippen LogP contribution in [0.2, 0.25) is 0 Å². The molecule has 0 saturated carbocycles. The molecule has 6 heteroatoms. The number of hydrogen-bond donors (Lipinski definition) is 0. The lowest BCUT2D eigenvalue weighted by atomic mass is 9.94. The van der Waals surface area contributed by atoms with E-state index in [0.29, 0.717) is 31.0 Å². The minimum atomic E-state index is -0.549. The zero-order chi connectivity index (χ0) is 16.8. The molecule has 2 heterocycles. The second-order valence-corrected chi connectivity index (χ2v) is 6.83. The van der Waals surface area contributed by atoms with Gasteiger partial charge in [0.2, 0.25) is 0 Å². The molecule has 0 spiro atoms. The molecule has 0 bridgehead atoms. The van der Waals surface area contributed by atoms with Gasteiger partial charge in [-0.15, -0.1) is 0 Å². The number of carbonyl (C=O) groups excluding carboxylic acids is 2. The molecule has 0 saturated heterocycles. The summed E-state index contributed by atoms with van der Waals surface area (Å²) in [5.74, 6) is 0.413. The first-order valence-corrected chi connectivity index (χ1v) is 7.69. The number of hydrogen-bond acceptors (Lipinski definition) is 5. The van der Waals surface area contributed by atoms with E-state index in [1.165, 1.54) is 0 Å². The van der Waals surface area contributed by atoms with E-state index in [-0.39, 0.29) is 18.0 Å². The number of esters is 1. The summed E-state index contributed by atoms with van der Waals surface area (Å²) < 4.78 is 16.1. The van der Waals surface area contributed by atoms with Gasteiger partial charge in [-0.2, -0.15) is 0 Å². The molecule has 1 atom stereocenters. The maximum Gasteiger partial charge on any atom is 0.410 e. The zero-order valence-corrected chi connectivity index (χ0v) is 13.8. The van der Waals surface area contributed by atoms with E-state index in [2.05, 4.69) is 0 Å². The molecule has 3 rings (SSSR count). The van der Waals surface area contributed by atoms with E-state index in [1.807, 2.05) is 26.8 Å². The van der Waals surface area contributed by atoms with E-state index >= 15 is 0 Å². The van der Waals surface area contributed by atoms with E-state index in [1.54, 1.807) is 18.1 Å². The normalized spacial score (nSPS) is 19.7. The van der Waals surface area contributed by atoms with Crippen LogP contribution in [-0.4, -0.2) is 36.2 Å². The van der Waals surface area contributed by atoms with Crippen LogP contribution in [-0.2, 0) is 16.1 Å². The first-order valence-electron chi connectivity index (χ1n) is 7.69. The summed E-state index contributed by atoms with van der Waals surface area (Å²) >= 11 is 0. The van der Waals surface area contributed by atoms with Crippen molar-refractivity contribution in [2.45, 2.75) is 45.3 Å². The van der Waals surface area contributed by atoms with E-state index in [4.69, 9.17) is 14.2 Å². The number of rotatable bonds is 1. The van der Waals surface area contributed by atoms with E-state index in [0.717, 1.165) is 11.1 Å². The molecule has 1 amide bonds. The molecule has 1 aromatic rings. The van der Waals surface area contributed by atoms with Crippen LogP contribution in [0.4, 0.5) is 4.79 Å². The van der Waals surface area contributed by atoms with Gasteiger partial charge in [0.05, 0.1) is 13.0 Å². The summed E-state index contributed by atoms with van der Waals surface area (Å²) in [5, 5.41) is 0. The predicted molar refractivity (Wildman–Crippen MR) is 82.6 cm³/mol. The largest absolute Gasteiger partial charge is 0.493 e. The van der Waals surface area contributed by atoms with Crippen LogP contribution in [0.25, 0.3) is 0 Å². The zero-order valence-electron chi connectivity index (χ0n) is 13.8. The molecular weight excluding hydrogens is 298 g/mol. The number of carbonyl (C=O) groups is 2. The first-order chi connectivity index (χ1) is 10.8. The summed E-state index contributed by atoms with van der Waals surface area (Å²) in [7, 11) is 1.54. The van der Waals surface area contributed by atoms with Crippen molar-refractivity contribution in [3.05, 3.63) is 23.3 Å². The lowest BCUT2D eigenvalue weighted by molar-refractivity contribution is -0.134. The molecular formula is C17H21NO5. The van der Waals surface area contributed by atoms with Crippen molar-refractivity contribution in [1.29, 1.82) is 0 Å². The third kappa shape index (κ3) is 2.85. The Morgan fingerprint density at radius 2 is 2.09 bits per heavy atom. The summed E-state index contributed by atoms with van der Waals surface area (Å²) in [6.45, 7) is 6.36. The van der Waals surface area contributed by atoms with Crippen molar-refractivity contribution in [3.63, 3.8) is 0 Å². The number of ether oxygens (including phenoxy) is 3. The third-order valence-electron chi connectivity index (χ3n) is 4.01. The molecule has 124 valence electrons. The summed E-state index contributed by atoms with van der Waals surface area (Å²) in [5.41, 5.74) is 1.20. The Hall–Kier alpha value is -2.24. The number of amides is 1. The summed E-state index contributed by atoms with van der Waals surface area (Å²) in [4.78, 5) is 26.2. The van der Waals surface area contributed by atoms with E-state index in [9.17, 15) is 9.59 Å². The highest BCUT2D eigenvalue weighted by molar-refractivity contribution is 5.88. The van der Waals surface area contributed by atoms with Crippen LogP contribution in [0.5, 0.6) is 11.5 Å². The molecule has 2 aliphatic rings. The molecule has 0 radical (unpaired) electrons. The van der Waals surface area contributed by atoms with Gasteiger partial charge in [0.15, 0.2) is 11.5 Å². The van der Waals surface area contributed by atoms with Crippen molar-refractivity contribution in [3.8, 4) is 11.5 Å². The van der Waals surface area contributed by atoms with Gasteiger partial charge in [0.1, 0.15) is 5.60 Å². The van der Waals surface area contributed by atoms with Gasteiger partial charge in [-0.25, -0.2) is 4.79 Å². The van der Waals surface area contributed by atoms with Crippen LogP contribution in [0.15, 0.2) is 12.1 Å². The lowest BCUT2D eigenvalue weighted by Crippen LogP contribution is -2.36. The Morgan fingerprint density at radius 1 is 1.35 bits per heavy atom. The minimum Gasteiger partial charge on any atom is -0.493 e. The third-order valence-corrected chi connectivity index (χ3v) is 4.01. The fraction of sp³-hybridized carbons (Fsp3) is 0.529. The SMILES string of the molecule is COc1ccc2c3c1OC(=O)C3CCN(C(=O)OC(C)(C)C)C2. The highest BCUT2D eigenvalue weighted by Gasteiger charge is 2.40. The van der Waals surface area contributed by atoms with Crippen molar-refractivity contribution >= 4 is 12.1 Å². The van der Waals surface area contributed by atoms with Crippen molar-refractivity contribution < 1.29 is 23.8 Å². The Bertz CT molecular complexity index is 662. The lowest BCUT2D eigenvalue weighted by Gasteiger charge is -2.26. The second-order valence-electron chi connectivity index (χ2n) is 6.83. The average Bonchev–Trinajstić information content (AvgIpc) is 2.67. The average molecular weight is 319 g/mol. The fourth-order valence-electron chi connectivity index (χ4n) is 3.01. The van der Waals surface area contributed by atoms with Crippen LogP contribution < -0.4 is 9.47 Å². The Labute approximate surface area is 135 Å². The quantitative estimate of drug-likeness (QED) is 0.588. The molecule has 2 aliphatic heterocycles. The maximum absolute atomic E-state index is 12.4. The summed E-state index contributed by atoms with van der Waals surface area (Å²) in [6, 6.07) is 3.65. The molecule has 6 nitrogen and oxygen atoms in total.